The monoisotopic (exact) mass is 499 g/mol. The minimum Gasteiger partial charge on any atom is -1.00 e. The van der Waals surface area contributed by atoms with Gasteiger partial charge in [0.25, 0.3) is 5.91 Å². The summed E-state index contributed by atoms with van der Waals surface area (Å²) in [6.07, 6.45) is -1.70. The van der Waals surface area contributed by atoms with Crippen LogP contribution in [0.15, 0.2) is 29.0 Å². The molecular weight excluding hydrogens is 479 g/mol. The molecule has 0 saturated heterocycles. The molecule has 3 aliphatic rings. The van der Waals surface area contributed by atoms with Crippen LogP contribution in [0.1, 0.15) is 23.7 Å². The van der Waals surface area contributed by atoms with Gasteiger partial charge in [0, 0.05) is 28.0 Å². The van der Waals surface area contributed by atoms with E-state index in [4.69, 9.17) is 17.3 Å². The van der Waals surface area contributed by atoms with E-state index in [2.05, 4.69) is 0 Å². The van der Waals surface area contributed by atoms with Gasteiger partial charge in [0.15, 0.2) is 11.4 Å². The van der Waals surface area contributed by atoms with E-state index in [-0.39, 0.29) is 35.0 Å². The fourth-order valence-corrected chi connectivity index (χ4v) is 5.51. The van der Waals surface area contributed by atoms with Crippen LogP contribution in [0.5, 0.6) is 5.75 Å². The molecule has 33 heavy (non-hydrogen) atoms. The zero-order valence-corrected chi connectivity index (χ0v) is 18.9. The fourth-order valence-electron chi connectivity index (χ4n) is 5.24. The Morgan fingerprint density at radius 1 is 1.21 bits per heavy atom. The summed E-state index contributed by atoms with van der Waals surface area (Å²) >= 11 is 6.19. The summed E-state index contributed by atoms with van der Waals surface area (Å²) in [7, 11) is 2.97. The molecule has 7 N–H and O–H groups in total. The number of halogens is 2. The Morgan fingerprint density at radius 3 is 2.36 bits per heavy atom. The molecule has 10 nitrogen and oxygen atoms in total. The number of hydrogen-bond acceptors (Lipinski definition) is 9. The first-order valence-electron chi connectivity index (χ1n) is 9.69. The predicted molar refractivity (Wildman–Crippen MR) is 111 cm³/mol. The van der Waals surface area contributed by atoms with Crippen LogP contribution < -0.4 is 18.1 Å². The van der Waals surface area contributed by atoms with Crippen LogP contribution in [-0.2, 0) is 14.4 Å². The van der Waals surface area contributed by atoms with Crippen LogP contribution in [0.4, 0.5) is 0 Å². The second-order valence-electron chi connectivity index (χ2n) is 8.47. The number of carbonyl (C=O) groups is 3. The van der Waals surface area contributed by atoms with Crippen molar-refractivity contribution < 1.29 is 52.3 Å². The SMILES string of the molecule is CN(C)C1C(=O)C(C(N)=O)=C(O)[C@@]2(O)C(=O)C3=C(O)c4c(O)ccc(Cl)c4C(O)[C@H]3C[C@@H]12.[Cl-]. The molecule has 2 unspecified atom stereocenters. The maximum absolute atomic E-state index is 13.6. The quantitative estimate of drug-likeness (QED) is 0.232. The number of primary amides is 1. The van der Waals surface area contributed by atoms with Crippen molar-refractivity contribution in [3.8, 4) is 5.75 Å². The summed E-state index contributed by atoms with van der Waals surface area (Å²) < 4.78 is 0. The van der Waals surface area contributed by atoms with Crippen LogP contribution in [0.3, 0.4) is 0 Å². The zero-order valence-electron chi connectivity index (χ0n) is 17.4. The van der Waals surface area contributed by atoms with Gasteiger partial charge in [0.1, 0.15) is 22.8 Å². The van der Waals surface area contributed by atoms with E-state index in [1.165, 1.54) is 31.1 Å². The Hall–Kier alpha value is -2.63. The van der Waals surface area contributed by atoms with Crippen molar-refractivity contribution in [2.24, 2.45) is 17.6 Å². The summed E-state index contributed by atoms with van der Waals surface area (Å²) in [6.45, 7) is 0. The summed E-state index contributed by atoms with van der Waals surface area (Å²) in [4.78, 5) is 39.8. The number of hydrogen-bond donors (Lipinski definition) is 6. The Bertz CT molecular complexity index is 1160. The van der Waals surface area contributed by atoms with Crippen molar-refractivity contribution in [1.29, 1.82) is 0 Å². The number of rotatable bonds is 2. The lowest BCUT2D eigenvalue weighted by Gasteiger charge is -2.51. The first-order chi connectivity index (χ1) is 14.8. The third-order valence-electron chi connectivity index (χ3n) is 6.64. The molecule has 0 spiro atoms. The van der Waals surface area contributed by atoms with E-state index in [0.29, 0.717) is 0 Å². The van der Waals surface area contributed by atoms with Crippen LogP contribution >= 0.6 is 11.6 Å². The number of benzene rings is 1. The van der Waals surface area contributed by atoms with Crippen LogP contribution in [-0.4, -0.2) is 73.6 Å². The molecule has 3 aliphatic carbocycles. The maximum Gasteiger partial charge on any atom is 0.255 e. The molecule has 0 heterocycles. The van der Waals surface area contributed by atoms with E-state index in [9.17, 15) is 39.9 Å². The topological polar surface area (TPSA) is 182 Å². The highest BCUT2D eigenvalue weighted by molar-refractivity contribution is 6.32. The number of nitrogens with two attached hydrogens (primary N) is 1. The molecule has 0 bridgehead atoms. The Labute approximate surface area is 199 Å². The maximum atomic E-state index is 13.6. The fraction of sp³-hybridized carbons (Fsp3) is 0.381. The number of amides is 1. The number of Topliss-reactive ketones (excluding diaryl/α,β-unsaturated/α-hetero) is 2. The molecule has 0 aromatic heterocycles. The molecule has 1 saturated carbocycles. The van der Waals surface area contributed by atoms with E-state index >= 15 is 0 Å². The normalized spacial score (nSPS) is 31.1. The van der Waals surface area contributed by atoms with Gasteiger partial charge in [-0.1, -0.05) is 11.6 Å². The van der Waals surface area contributed by atoms with Gasteiger partial charge >= 0.3 is 0 Å². The first kappa shape index (κ1) is 25.0. The molecule has 0 aliphatic heterocycles. The number of aliphatic hydroxyl groups is 4. The highest BCUT2D eigenvalue weighted by atomic mass is 35.5. The minimum atomic E-state index is -2.77. The lowest BCUT2D eigenvalue weighted by Crippen LogP contribution is -3.00. The summed E-state index contributed by atoms with van der Waals surface area (Å²) in [5.41, 5.74) is 0.845. The smallest absolute Gasteiger partial charge is 0.255 e. The van der Waals surface area contributed by atoms with E-state index in [1.54, 1.807) is 0 Å². The van der Waals surface area contributed by atoms with E-state index in [0.717, 1.165) is 0 Å². The summed E-state index contributed by atoms with van der Waals surface area (Å²) in [5.74, 6) is -8.19. The predicted octanol–water partition coefficient (Wildman–Crippen LogP) is -2.89. The molecular formula is C21H21Cl2N2O8-. The number of phenolic OH excluding ortho intramolecular Hbond substituents is 1. The van der Waals surface area contributed by atoms with Crippen LogP contribution in [0.2, 0.25) is 5.02 Å². The van der Waals surface area contributed by atoms with Crippen LogP contribution in [0, 0.1) is 11.8 Å². The van der Waals surface area contributed by atoms with Crippen molar-refractivity contribution in [2.75, 3.05) is 14.1 Å². The molecule has 5 atom stereocenters. The van der Waals surface area contributed by atoms with Crippen molar-refractivity contribution in [3.63, 3.8) is 0 Å². The molecule has 4 rings (SSSR count). The third kappa shape index (κ3) is 3.09. The average molecular weight is 500 g/mol. The van der Waals surface area contributed by atoms with Gasteiger partial charge < -0.3 is 43.7 Å². The second kappa shape index (κ2) is 8.00. The van der Waals surface area contributed by atoms with Crippen molar-refractivity contribution in [1.82, 2.24) is 4.90 Å². The van der Waals surface area contributed by atoms with Gasteiger partial charge in [0.05, 0.1) is 17.7 Å². The second-order valence-corrected chi connectivity index (χ2v) is 8.87. The Balaban J connectivity index is 0.00000306. The number of aromatic hydroxyl groups is 1. The Kier molecular flexibility index (Phi) is 6.06. The van der Waals surface area contributed by atoms with Crippen molar-refractivity contribution in [3.05, 3.63) is 45.2 Å². The van der Waals surface area contributed by atoms with Crippen molar-refractivity contribution in [2.45, 2.75) is 24.2 Å². The number of likely N-dealkylation sites (N-methyl/N-ethyl adjacent to an activating group) is 1. The molecule has 1 fully saturated rings. The van der Waals surface area contributed by atoms with Gasteiger partial charge in [-0.15, -0.1) is 0 Å². The van der Waals surface area contributed by atoms with Gasteiger partial charge in [-0.2, -0.15) is 0 Å². The highest BCUT2D eigenvalue weighted by Crippen LogP contribution is 2.56. The number of ketones is 2. The zero-order chi connectivity index (χ0) is 23.9. The molecule has 12 heteroatoms. The molecule has 178 valence electrons. The molecule has 0 radical (unpaired) electrons. The minimum absolute atomic E-state index is 0. The summed E-state index contributed by atoms with van der Waals surface area (Å²) in [5, 5.41) is 54.4. The Morgan fingerprint density at radius 2 is 1.82 bits per heavy atom. The molecule has 1 aromatic carbocycles. The number of carbonyl (C=O) groups excluding carboxylic acids is 3. The van der Waals surface area contributed by atoms with Gasteiger partial charge in [0.2, 0.25) is 5.78 Å². The van der Waals surface area contributed by atoms with Crippen LogP contribution in [0.25, 0.3) is 5.76 Å². The average Bonchev–Trinajstić information content (AvgIpc) is 2.69. The standard InChI is InChI=1S/C21H21ClN2O8.ClH/c1-24(2)14-7-5-6-10(16(27)12-9(25)4-3-8(22)11(12)15(6)26)18(29)21(7,32)19(30)13(17(14)28)20(23)31;/h3-4,6-7,14-15,25-27,30,32H,5H2,1-2H3,(H2,23,31);1H/p-1/t6-,7-,14?,15?,21-;/m0./s1. The highest BCUT2D eigenvalue weighted by Gasteiger charge is 2.65. The van der Waals surface area contributed by atoms with Gasteiger partial charge in [-0.25, -0.2) is 0 Å². The summed E-state index contributed by atoms with van der Waals surface area (Å²) in [6, 6.07) is 1.25. The van der Waals surface area contributed by atoms with Gasteiger partial charge in [-0.05, 0) is 32.6 Å². The lowest BCUT2D eigenvalue weighted by atomic mass is 9.57. The van der Waals surface area contributed by atoms with Gasteiger partial charge in [-0.3, -0.25) is 19.3 Å². The third-order valence-corrected chi connectivity index (χ3v) is 6.97. The molecule has 1 amide bonds. The number of nitrogens with zero attached hydrogens (tertiary/aromatic N) is 1. The lowest BCUT2D eigenvalue weighted by molar-refractivity contribution is -0.155. The first-order valence-corrected chi connectivity index (χ1v) is 10.1. The molecule has 1 aromatic rings. The number of phenols is 1. The number of fused-ring (bicyclic) bond motifs is 3. The van der Waals surface area contributed by atoms with E-state index < -0.39 is 75.5 Å². The van der Waals surface area contributed by atoms with E-state index in [1.807, 2.05) is 0 Å². The largest absolute Gasteiger partial charge is 1.00 e. The van der Waals surface area contributed by atoms with Crippen molar-refractivity contribution >= 4 is 34.8 Å². The number of aliphatic hydroxyl groups excluding tert-OH is 3.